The average molecular weight is 655 g/mol. The van der Waals surface area contributed by atoms with E-state index in [1.165, 1.54) is 0 Å². The molecule has 0 aliphatic carbocycles. The summed E-state index contributed by atoms with van der Waals surface area (Å²) in [5, 5.41) is 26.9. The number of amides is 2. The lowest BCUT2D eigenvalue weighted by Gasteiger charge is -2.17. The Morgan fingerprint density at radius 2 is 1.73 bits per heavy atom. The number of nitrogens with one attached hydrogen (secondary N) is 4. The number of thioether (sulfide) groups is 1. The summed E-state index contributed by atoms with van der Waals surface area (Å²) in [5.74, 6) is -1.19. The molecule has 6 N–H and O–H groups in total. The van der Waals surface area contributed by atoms with E-state index in [0.29, 0.717) is 29.6 Å². The maximum atomic E-state index is 12.9. The number of aromatic amines is 2. The maximum absolute atomic E-state index is 12.9. The van der Waals surface area contributed by atoms with Gasteiger partial charge in [0.1, 0.15) is 4.75 Å². The van der Waals surface area contributed by atoms with Crippen molar-refractivity contribution in [3.05, 3.63) is 50.0 Å². The van der Waals surface area contributed by atoms with Crippen molar-refractivity contribution in [3.8, 4) is 0 Å². The Morgan fingerprint density at radius 1 is 1.02 bits per heavy atom. The van der Waals surface area contributed by atoms with Crippen LogP contribution in [0.25, 0.3) is 18.2 Å². The Morgan fingerprint density at radius 3 is 2.33 bits per heavy atom. The third kappa shape index (κ3) is 6.23. The second kappa shape index (κ2) is 12.8. The summed E-state index contributed by atoms with van der Waals surface area (Å²) in [6.45, 7) is 10.00. The summed E-state index contributed by atoms with van der Waals surface area (Å²) >= 11 is 6.09. The van der Waals surface area contributed by atoms with Crippen molar-refractivity contribution in [2.75, 3.05) is 5.75 Å². The molecule has 0 radical (unpaired) electrons. The molecule has 2 aromatic heterocycles. The highest BCUT2D eigenvalue weighted by Crippen LogP contribution is 2.61. The number of hydrogen-bond acceptors (Lipinski definition) is 6. The number of thiol groups is 1. The standard InChI is InChI=1S/C33H42N4O6S2/c1-15-20(6-8-29(38)39)26(34-23(15)12-25-18(4)33(19(5)45-33)32(43)37-25)14-27-21(7-9-30(40)41)16(2)24(35-27)13-28-22(10-11-44)17(3)31(42)36-28/h6,13-14,17-19,22,25,34-35,44H,7-12H2,1-5H3,(H,36,42)(H,37,43)(H,38,39)(H,40,41)/b20-6-,26-14+,28-13-/t17-,18?,19+,22-,25-,33+/m1/s1. The number of H-pyrrole nitrogens is 2. The molecule has 2 amide bonds. The quantitative estimate of drug-likeness (QED) is 0.145. The number of carbonyl (C=O) groups is 4. The number of aromatic nitrogens is 2. The molecular weight excluding hydrogens is 613 g/mol. The Kier molecular flexibility index (Phi) is 9.38. The van der Waals surface area contributed by atoms with Crippen LogP contribution < -0.4 is 21.2 Å². The van der Waals surface area contributed by atoms with Crippen LogP contribution >= 0.6 is 24.4 Å². The highest BCUT2D eigenvalue weighted by atomic mass is 32.2. The van der Waals surface area contributed by atoms with Gasteiger partial charge in [-0.15, -0.1) is 11.8 Å². The summed E-state index contributed by atoms with van der Waals surface area (Å²) in [6.07, 6.45) is 6.92. The Bertz CT molecular complexity index is 1710. The SMILES string of the molecule is Cc1c(/C=C2\NC(=O)[C@H](C)[C@H]2CCS)[nH]c(/C=c2/[nH]c(C[C@H]3NC(=O)[C@]4(S[C@H]4C)C3C)c(C)/c2=C/CC(=O)O)c1CCC(=O)O. The van der Waals surface area contributed by atoms with Crippen molar-refractivity contribution >= 4 is 66.4 Å². The molecule has 5 rings (SSSR count). The second-order valence-electron chi connectivity index (χ2n) is 12.6. The molecule has 3 fully saturated rings. The van der Waals surface area contributed by atoms with E-state index in [4.69, 9.17) is 0 Å². The summed E-state index contributed by atoms with van der Waals surface area (Å²) in [5.41, 5.74) is 5.85. The molecule has 10 nitrogen and oxygen atoms in total. The summed E-state index contributed by atoms with van der Waals surface area (Å²) in [4.78, 5) is 55.5. The molecule has 3 saturated heterocycles. The zero-order valence-corrected chi connectivity index (χ0v) is 28.0. The molecule has 3 aliphatic rings. The van der Waals surface area contributed by atoms with Gasteiger partial charge in [0.05, 0.1) is 6.42 Å². The first-order valence-electron chi connectivity index (χ1n) is 15.4. The molecule has 12 heteroatoms. The lowest BCUT2D eigenvalue weighted by molar-refractivity contribution is -0.137. The van der Waals surface area contributed by atoms with Crippen molar-refractivity contribution in [2.45, 2.75) is 82.8 Å². The second-order valence-corrected chi connectivity index (χ2v) is 14.6. The molecule has 45 heavy (non-hydrogen) atoms. The lowest BCUT2D eigenvalue weighted by atomic mass is 9.88. The van der Waals surface area contributed by atoms with Crippen molar-refractivity contribution in [3.63, 3.8) is 0 Å². The van der Waals surface area contributed by atoms with Gasteiger partial charge in [0.15, 0.2) is 0 Å². The summed E-state index contributed by atoms with van der Waals surface area (Å²) < 4.78 is -0.368. The van der Waals surface area contributed by atoms with Gasteiger partial charge in [0.2, 0.25) is 11.8 Å². The van der Waals surface area contributed by atoms with Gasteiger partial charge in [-0.1, -0.05) is 26.8 Å². The van der Waals surface area contributed by atoms with Crippen LogP contribution in [-0.4, -0.2) is 65.7 Å². The zero-order valence-electron chi connectivity index (χ0n) is 26.2. The first-order chi connectivity index (χ1) is 21.3. The van der Waals surface area contributed by atoms with Gasteiger partial charge < -0.3 is 30.8 Å². The Hall–Kier alpha value is -3.38. The van der Waals surface area contributed by atoms with Gasteiger partial charge in [-0.3, -0.25) is 19.2 Å². The minimum Gasteiger partial charge on any atom is -0.481 e. The van der Waals surface area contributed by atoms with E-state index in [-0.39, 0.29) is 58.4 Å². The first kappa shape index (κ1) is 33.0. The molecule has 6 atom stereocenters. The van der Waals surface area contributed by atoms with E-state index in [1.54, 1.807) is 17.8 Å². The van der Waals surface area contributed by atoms with Crippen LogP contribution in [0.5, 0.6) is 0 Å². The fourth-order valence-electron chi connectivity index (χ4n) is 7.08. The van der Waals surface area contributed by atoms with Gasteiger partial charge in [-0.05, 0) is 66.5 Å². The number of allylic oxidation sites excluding steroid dienone is 1. The molecule has 3 aliphatic heterocycles. The molecule has 0 bridgehead atoms. The highest BCUT2D eigenvalue weighted by molar-refractivity contribution is 8.09. The minimum absolute atomic E-state index is 0.00747. The van der Waals surface area contributed by atoms with E-state index in [2.05, 4.69) is 47.1 Å². The molecule has 1 spiro atoms. The van der Waals surface area contributed by atoms with Gasteiger partial charge >= 0.3 is 11.9 Å². The van der Waals surface area contributed by atoms with Crippen LogP contribution in [0.4, 0.5) is 0 Å². The van der Waals surface area contributed by atoms with Crippen LogP contribution in [0.2, 0.25) is 0 Å². The molecule has 0 saturated carbocycles. The predicted molar refractivity (Wildman–Crippen MR) is 178 cm³/mol. The van der Waals surface area contributed by atoms with Gasteiger partial charge in [0.25, 0.3) is 0 Å². The number of carbonyl (C=O) groups excluding carboxylic acids is 2. The number of rotatable bonds is 11. The zero-order chi connectivity index (χ0) is 32.8. The van der Waals surface area contributed by atoms with Gasteiger partial charge in [-0.25, -0.2) is 0 Å². The monoisotopic (exact) mass is 654 g/mol. The van der Waals surface area contributed by atoms with Gasteiger partial charge in [0, 0.05) is 70.0 Å². The van der Waals surface area contributed by atoms with Crippen LogP contribution in [0, 0.1) is 31.6 Å². The molecule has 0 aromatic carbocycles. The summed E-state index contributed by atoms with van der Waals surface area (Å²) in [7, 11) is 0. The summed E-state index contributed by atoms with van der Waals surface area (Å²) in [6, 6.07) is -0.0567. The number of aliphatic carboxylic acids is 2. The highest BCUT2D eigenvalue weighted by Gasteiger charge is 2.67. The molecular formula is C33H42N4O6S2. The Balaban J connectivity index is 1.59. The number of carboxylic acids is 2. The van der Waals surface area contributed by atoms with Crippen molar-refractivity contribution in [2.24, 2.45) is 17.8 Å². The topological polar surface area (TPSA) is 164 Å². The van der Waals surface area contributed by atoms with Crippen molar-refractivity contribution in [1.82, 2.24) is 20.6 Å². The average Bonchev–Trinajstić information content (AvgIpc) is 3.19. The molecule has 2 aromatic rings. The maximum Gasteiger partial charge on any atom is 0.307 e. The third-order valence-electron chi connectivity index (χ3n) is 9.96. The largest absolute Gasteiger partial charge is 0.481 e. The number of hydrogen-bond donors (Lipinski definition) is 7. The lowest BCUT2D eigenvalue weighted by Crippen LogP contribution is -2.30. The van der Waals surface area contributed by atoms with Crippen molar-refractivity contribution in [1.29, 1.82) is 0 Å². The van der Waals surface area contributed by atoms with Crippen molar-refractivity contribution < 1.29 is 29.4 Å². The third-order valence-corrected chi connectivity index (χ3v) is 12.0. The van der Waals surface area contributed by atoms with Gasteiger partial charge in [-0.2, -0.15) is 12.6 Å². The van der Waals surface area contributed by atoms with Crippen LogP contribution in [0.3, 0.4) is 0 Å². The normalized spacial score (nSPS) is 29.2. The number of carboxylic acid groups (broad SMARTS) is 2. The van der Waals surface area contributed by atoms with E-state index < -0.39 is 11.9 Å². The predicted octanol–water partition coefficient (Wildman–Crippen LogP) is 2.65. The minimum atomic E-state index is -0.947. The molecule has 1 unspecified atom stereocenters. The van der Waals surface area contributed by atoms with Crippen LogP contribution in [-0.2, 0) is 32.0 Å². The smallest absolute Gasteiger partial charge is 0.307 e. The van der Waals surface area contributed by atoms with Crippen LogP contribution in [0.15, 0.2) is 5.70 Å². The van der Waals surface area contributed by atoms with E-state index in [1.807, 2.05) is 32.9 Å². The molecule has 242 valence electrons. The van der Waals surface area contributed by atoms with E-state index in [0.717, 1.165) is 45.4 Å². The fourth-order valence-corrected chi connectivity index (χ4v) is 8.74. The fraction of sp³-hybridized carbons (Fsp3) is 0.515. The van der Waals surface area contributed by atoms with E-state index in [9.17, 15) is 29.4 Å². The van der Waals surface area contributed by atoms with E-state index >= 15 is 0 Å². The molecule has 5 heterocycles. The Labute approximate surface area is 272 Å². The first-order valence-corrected chi connectivity index (χ1v) is 17.0. The van der Waals surface area contributed by atoms with Crippen LogP contribution in [0.1, 0.15) is 73.8 Å².